The van der Waals surface area contributed by atoms with E-state index in [9.17, 15) is 0 Å². The number of ether oxygens (including phenoxy) is 2. The van der Waals surface area contributed by atoms with Gasteiger partial charge in [-0.3, -0.25) is 4.90 Å². The summed E-state index contributed by atoms with van der Waals surface area (Å²) in [7, 11) is 0. The van der Waals surface area contributed by atoms with Gasteiger partial charge in [-0.25, -0.2) is 4.98 Å². The van der Waals surface area contributed by atoms with Crippen LogP contribution in [-0.2, 0) is 16.0 Å². The van der Waals surface area contributed by atoms with Gasteiger partial charge in [0.05, 0.1) is 11.8 Å². The standard InChI is InChI=1S/C16H25N3O2S/c1-3-21-13(2)16-18-14(12-22-16)11-19(8-4-7-17)15-5-9-20-10-6-15/h12-13,15H,3-6,8-11H2,1-2H3/t13-/m0/s1. The molecule has 1 aliphatic heterocycles. The first-order chi connectivity index (χ1) is 10.7. The molecule has 1 fully saturated rings. The number of nitrogens with zero attached hydrogens (tertiary/aromatic N) is 3. The summed E-state index contributed by atoms with van der Waals surface area (Å²) in [6.07, 6.45) is 2.69. The van der Waals surface area contributed by atoms with Gasteiger partial charge >= 0.3 is 0 Å². The van der Waals surface area contributed by atoms with Gasteiger partial charge in [0.25, 0.3) is 0 Å². The van der Waals surface area contributed by atoms with E-state index in [-0.39, 0.29) is 6.10 Å². The zero-order valence-electron chi connectivity index (χ0n) is 13.5. The van der Waals surface area contributed by atoms with Crippen molar-refractivity contribution >= 4 is 11.3 Å². The van der Waals surface area contributed by atoms with Crippen LogP contribution in [0.15, 0.2) is 5.38 Å². The average molecular weight is 323 g/mol. The van der Waals surface area contributed by atoms with Gasteiger partial charge in [0.2, 0.25) is 0 Å². The molecule has 1 aliphatic rings. The maximum Gasteiger partial charge on any atom is 0.122 e. The van der Waals surface area contributed by atoms with E-state index in [4.69, 9.17) is 19.7 Å². The summed E-state index contributed by atoms with van der Waals surface area (Å²) in [6, 6.07) is 2.75. The van der Waals surface area contributed by atoms with E-state index in [1.165, 1.54) is 0 Å². The SMILES string of the molecule is CCO[C@@H](C)c1nc(CN(CCC#N)C2CCOCC2)cs1. The summed E-state index contributed by atoms with van der Waals surface area (Å²) >= 11 is 1.66. The quantitative estimate of drug-likeness (QED) is 0.735. The smallest absolute Gasteiger partial charge is 0.122 e. The molecule has 0 amide bonds. The minimum Gasteiger partial charge on any atom is -0.381 e. The first-order valence-electron chi connectivity index (χ1n) is 7.99. The van der Waals surface area contributed by atoms with E-state index in [1.807, 2.05) is 13.8 Å². The minimum atomic E-state index is 0.0550. The van der Waals surface area contributed by atoms with Crippen molar-refractivity contribution in [1.82, 2.24) is 9.88 Å². The Bertz CT molecular complexity index is 480. The summed E-state index contributed by atoms with van der Waals surface area (Å²) in [5, 5.41) is 12.0. The molecule has 2 rings (SSSR count). The van der Waals surface area contributed by atoms with Gasteiger partial charge in [0.1, 0.15) is 11.1 Å². The molecule has 122 valence electrons. The first kappa shape index (κ1) is 17.4. The van der Waals surface area contributed by atoms with Gasteiger partial charge in [-0.1, -0.05) is 0 Å². The minimum absolute atomic E-state index is 0.0550. The van der Waals surface area contributed by atoms with Crippen LogP contribution in [0, 0.1) is 11.3 Å². The van der Waals surface area contributed by atoms with E-state index in [2.05, 4.69) is 16.3 Å². The van der Waals surface area contributed by atoms with E-state index >= 15 is 0 Å². The molecule has 0 unspecified atom stereocenters. The molecule has 0 bridgehead atoms. The number of aromatic nitrogens is 1. The molecule has 6 heteroatoms. The Morgan fingerprint density at radius 1 is 1.55 bits per heavy atom. The molecular formula is C16H25N3O2S. The normalized spacial score (nSPS) is 17.5. The number of hydrogen-bond acceptors (Lipinski definition) is 6. The molecule has 1 aromatic heterocycles. The molecule has 5 nitrogen and oxygen atoms in total. The van der Waals surface area contributed by atoms with Crippen molar-refractivity contribution in [2.24, 2.45) is 0 Å². The van der Waals surface area contributed by atoms with Gasteiger partial charge in [0.15, 0.2) is 0 Å². The topological polar surface area (TPSA) is 58.4 Å². The Hall–Kier alpha value is -1.00. The van der Waals surface area contributed by atoms with Crippen molar-refractivity contribution in [2.75, 3.05) is 26.4 Å². The number of hydrogen-bond donors (Lipinski definition) is 0. The van der Waals surface area contributed by atoms with Crippen molar-refractivity contribution in [3.8, 4) is 6.07 Å². The zero-order chi connectivity index (χ0) is 15.8. The van der Waals surface area contributed by atoms with E-state index in [0.29, 0.717) is 19.1 Å². The van der Waals surface area contributed by atoms with Crippen LogP contribution < -0.4 is 0 Å². The summed E-state index contributed by atoms with van der Waals surface area (Å²) in [5.41, 5.74) is 1.08. The van der Waals surface area contributed by atoms with Crippen molar-refractivity contribution in [1.29, 1.82) is 5.26 Å². The van der Waals surface area contributed by atoms with Crippen LogP contribution >= 0.6 is 11.3 Å². The lowest BCUT2D eigenvalue weighted by Gasteiger charge is -2.33. The molecule has 1 aromatic rings. The van der Waals surface area contributed by atoms with E-state index < -0.39 is 0 Å². The Balaban J connectivity index is 1.98. The number of thiazole rings is 1. The van der Waals surface area contributed by atoms with Gasteiger partial charge in [-0.05, 0) is 26.7 Å². The van der Waals surface area contributed by atoms with Crippen LogP contribution in [0.4, 0.5) is 0 Å². The Morgan fingerprint density at radius 3 is 3.00 bits per heavy atom. The Morgan fingerprint density at radius 2 is 2.32 bits per heavy atom. The molecule has 0 aliphatic carbocycles. The third-order valence-electron chi connectivity index (χ3n) is 3.92. The van der Waals surface area contributed by atoms with E-state index in [0.717, 1.165) is 49.8 Å². The number of nitriles is 1. The third kappa shape index (κ3) is 5.03. The molecule has 2 heterocycles. The second-order valence-corrected chi connectivity index (χ2v) is 6.39. The molecule has 1 atom stereocenters. The highest BCUT2D eigenvalue weighted by atomic mass is 32.1. The molecule has 0 saturated carbocycles. The molecular weight excluding hydrogens is 298 g/mol. The fourth-order valence-electron chi connectivity index (χ4n) is 2.75. The lowest BCUT2D eigenvalue weighted by molar-refractivity contribution is 0.0312. The molecule has 22 heavy (non-hydrogen) atoms. The average Bonchev–Trinajstić information content (AvgIpc) is 3.01. The summed E-state index contributed by atoms with van der Waals surface area (Å²) < 4.78 is 11.0. The summed E-state index contributed by atoms with van der Waals surface area (Å²) in [4.78, 5) is 7.09. The highest BCUT2D eigenvalue weighted by Crippen LogP contribution is 2.23. The Labute approximate surface area is 136 Å². The van der Waals surface area contributed by atoms with Gasteiger partial charge in [-0.15, -0.1) is 11.3 Å². The first-order valence-corrected chi connectivity index (χ1v) is 8.87. The van der Waals surface area contributed by atoms with Crippen LogP contribution in [0.25, 0.3) is 0 Å². The van der Waals surface area contributed by atoms with Crippen LogP contribution in [0.3, 0.4) is 0 Å². The Kier molecular flexibility index (Phi) is 7.26. The fourth-order valence-corrected chi connectivity index (χ4v) is 3.56. The largest absolute Gasteiger partial charge is 0.381 e. The van der Waals surface area contributed by atoms with Crippen molar-refractivity contribution in [3.05, 3.63) is 16.1 Å². The lowest BCUT2D eigenvalue weighted by Crippen LogP contribution is -2.39. The fraction of sp³-hybridized carbons (Fsp3) is 0.750. The van der Waals surface area contributed by atoms with Crippen molar-refractivity contribution in [2.45, 2.75) is 51.8 Å². The number of rotatable bonds is 8. The van der Waals surface area contributed by atoms with Gasteiger partial charge in [0, 0.05) is 50.8 Å². The monoisotopic (exact) mass is 323 g/mol. The second kappa shape index (κ2) is 9.21. The van der Waals surface area contributed by atoms with Crippen molar-refractivity contribution < 1.29 is 9.47 Å². The predicted octanol–water partition coefficient (Wildman–Crippen LogP) is 3.14. The molecule has 0 radical (unpaired) electrons. The van der Waals surface area contributed by atoms with Crippen LogP contribution in [0.1, 0.15) is 49.9 Å². The van der Waals surface area contributed by atoms with Gasteiger partial charge in [-0.2, -0.15) is 5.26 Å². The predicted molar refractivity (Wildman–Crippen MR) is 86.6 cm³/mol. The van der Waals surface area contributed by atoms with E-state index in [1.54, 1.807) is 11.3 Å². The summed E-state index contributed by atoms with van der Waals surface area (Å²) in [6.45, 7) is 7.98. The molecule has 0 aromatic carbocycles. The molecule has 1 saturated heterocycles. The van der Waals surface area contributed by atoms with Crippen LogP contribution in [0.5, 0.6) is 0 Å². The zero-order valence-corrected chi connectivity index (χ0v) is 14.3. The molecule has 0 spiro atoms. The van der Waals surface area contributed by atoms with Gasteiger partial charge < -0.3 is 9.47 Å². The maximum absolute atomic E-state index is 8.88. The molecule has 0 N–H and O–H groups in total. The van der Waals surface area contributed by atoms with Crippen LogP contribution in [-0.4, -0.2) is 42.3 Å². The van der Waals surface area contributed by atoms with Crippen molar-refractivity contribution in [3.63, 3.8) is 0 Å². The lowest BCUT2D eigenvalue weighted by atomic mass is 10.1. The summed E-state index contributed by atoms with van der Waals surface area (Å²) in [5.74, 6) is 0. The third-order valence-corrected chi connectivity index (χ3v) is 4.97. The van der Waals surface area contributed by atoms with Crippen LogP contribution in [0.2, 0.25) is 0 Å². The second-order valence-electron chi connectivity index (χ2n) is 5.50. The highest BCUT2D eigenvalue weighted by Gasteiger charge is 2.22. The highest BCUT2D eigenvalue weighted by molar-refractivity contribution is 7.09. The maximum atomic E-state index is 8.88.